The number of hydrogen-bond acceptors (Lipinski definition) is 6. The predicted molar refractivity (Wildman–Crippen MR) is 163 cm³/mol. The molecule has 4 rings (SSSR count). The van der Waals surface area contributed by atoms with Crippen LogP contribution in [-0.4, -0.2) is 14.2 Å². The molecule has 0 bridgehead atoms. The molecule has 39 heavy (non-hydrogen) atoms. The van der Waals surface area contributed by atoms with Crippen molar-refractivity contribution in [1.82, 2.24) is 0 Å². The third-order valence-electron chi connectivity index (χ3n) is 4.87. The Hall–Kier alpha value is 0.370. The average molecular weight is 800 g/mol. The van der Waals surface area contributed by atoms with Crippen molar-refractivity contribution in [3.05, 3.63) is 60.3 Å². The Morgan fingerprint density at radius 1 is 0.385 bits per heavy atom. The first-order chi connectivity index (χ1) is 18.2. The molecule has 0 aliphatic carbocycles. The summed E-state index contributed by atoms with van der Waals surface area (Å²) in [5, 5.41) is -2.07. The van der Waals surface area contributed by atoms with Crippen molar-refractivity contribution in [3.8, 4) is 34.5 Å². The second-order valence-electron chi connectivity index (χ2n) is 7.06. The van der Waals surface area contributed by atoms with Gasteiger partial charge in [0.25, 0.3) is 0 Å². The Bertz CT molecular complexity index is 1420. The third kappa shape index (κ3) is 5.47. The fraction of sp³-hybridized carbons (Fsp3) is 0.100. The Balaban J connectivity index is 2.00. The number of hydrogen-bond donors (Lipinski definition) is 0. The molecule has 0 radical (unpaired) electrons. The van der Waals surface area contributed by atoms with Gasteiger partial charge in [-0.2, -0.15) is 0 Å². The SMILES string of the molecule is COc1c(Cl)c(Cl)c(Cl)c(Cl)c1O[PH]1(Oc2c(Cl)c(Cl)c(Cl)c(Cl)c2OC)Oc2c(Cl)c(Cl)c(Cl)c(Cl)c2O1. The molecule has 0 atom stereocenters. The summed E-state index contributed by atoms with van der Waals surface area (Å²) < 4.78 is 35.0. The van der Waals surface area contributed by atoms with Crippen molar-refractivity contribution < 1.29 is 27.6 Å². The van der Waals surface area contributed by atoms with Crippen LogP contribution < -0.4 is 27.6 Å². The molecule has 0 spiro atoms. The number of halogens is 12. The fourth-order valence-electron chi connectivity index (χ4n) is 3.13. The van der Waals surface area contributed by atoms with Crippen LogP contribution in [0.15, 0.2) is 0 Å². The first-order valence-electron chi connectivity index (χ1n) is 9.63. The monoisotopic (exact) mass is 794 g/mol. The zero-order valence-corrected chi connectivity index (χ0v) is 28.6. The summed E-state index contributed by atoms with van der Waals surface area (Å²) in [6.45, 7) is 0. The van der Waals surface area contributed by atoms with Gasteiger partial charge < -0.3 is 0 Å². The molecule has 0 N–H and O–H groups in total. The van der Waals surface area contributed by atoms with E-state index in [2.05, 4.69) is 0 Å². The molecule has 0 fully saturated rings. The minimum absolute atomic E-state index is 0.119. The van der Waals surface area contributed by atoms with E-state index in [1.165, 1.54) is 14.2 Å². The van der Waals surface area contributed by atoms with E-state index in [0.29, 0.717) is 0 Å². The molecule has 0 amide bonds. The van der Waals surface area contributed by atoms with Crippen LogP contribution >= 0.6 is 147 Å². The van der Waals surface area contributed by atoms with Gasteiger partial charge in [0, 0.05) is 0 Å². The van der Waals surface area contributed by atoms with Gasteiger partial charge in [-0.1, -0.05) is 0 Å². The van der Waals surface area contributed by atoms with Gasteiger partial charge in [-0.25, -0.2) is 0 Å². The minimum atomic E-state index is -4.75. The summed E-state index contributed by atoms with van der Waals surface area (Å²) in [5.74, 6) is -1.30. The number of benzene rings is 3. The van der Waals surface area contributed by atoms with Gasteiger partial charge in [0.1, 0.15) is 0 Å². The van der Waals surface area contributed by atoms with E-state index >= 15 is 0 Å². The van der Waals surface area contributed by atoms with E-state index in [1.54, 1.807) is 0 Å². The molecule has 3 aromatic rings. The van der Waals surface area contributed by atoms with Crippen LogP contribution in [0.2, 0.25) is 60.3 Å². The van der Waals surface area contributed by atoms with E-state index in [4.69, 9.17) is 167 Å². The third-order valence-corrected chi connectivity index (χ3v) is 12.0. The van der Waals surface area contributed by atoms with Gasteiger partial charge in [-0.3, -0.25) is 0 Å². The Kier molecular flexibility index (Phi) is 10.1. The van der Waals surface area contributed by atoms with Gasteiger partial charge >= 0.3 is 284 Å². The van der Waals surface area contributed by atoms with Gasteiger partial charge in [0.15, 0.2) is 0 Å². The first-order valence-corrected chi connectivity index (χ1v) is 15.8. The fourth-order valence-corrected chi connectivity index (χ4v) is 8.18. The molecule has 1 aliphatic heterocycles. The molecular weight excluding hydrogens is 793 g/mol. The molecule has 3 aromatic carbocycles. The second kappa shape index (κ2) is 12.2. The molecular formula is C20H7Cl12O6P. The van der Waals surface area contributed by atoms with Crippen molar-refractivity contribution in [3.63, 3.8) is 0 Å². The molecule has 19 heteroatoms. The molecule has 0 saturated carbocycles. The van der Waals surface area contributed by atoms with Crippen LogP contribution in [0.4, 0.5) is 0 Å². The van der Waals surface area contributed by atoms with E-state index in [0.717, 1.165) is 0 Å². The number of ether oxygens (including phenoxy) is 2. The van der Waals surface area contributed by atoms with Crippen LogP contribution in [-0.2, 0) is 0 Å². The predicted octanol–water partition coefficient (Wildman–Crippen LogP) is 12.9. The van der Waals surface area contributed by atoms with E-state index in [9.17, 15) is 0 Å². The van der Waals surface area contributed by atoms with Crippen molar-refractivity contribution >= 4 is 147 Å². The van der Waals surface area contributed by atoms with Crippen molar-refractivity contribution in [2.75, 3.05) is 14.2 Å². The van der Waals surface area contributed by atoms with Gasteiger partial charge in [0.05, 0.1) is 0 Å². The Labute approximate surface area is 281 Å². The van der Waals surface area contributed by atoms with Crippen molar-refractivity contribution in [1.29, 1.82) is 0 Å². The molecule has 0 saturated heterocycles. The van der Waals surface area contributed by atoms with Gasteiger partial charge in [0.2, 0.25) is 0 Å². The Morgan fingerprint density at radius 2 is 0.641 bits per heavy atom. The quantitative estimate of drug-likeness (QED) is 0.141. The van der Waals surface area contributed by atoms with Crippen LogP contribution in [0.1, 0.15) is 0 Å². The van der Waals surface area contributed by atoms with Crippen molar-refractivity contribution in [2.45, 2.75) is 0 Å². The van der Waals surface area contributed by atoms with E-state index in [1.807, 2.05) is 0 Å². The van der Waals surface area contributed by atoms with Crippen LogP contribution in [0.5, 0.6) is 34.5 Å². The topological polar surface area (TPSA) is 55.4 Å². The summed E-state index contributed by atoms with van der Waals surface area (Å²) in [6.07, 6.45) is 0. The molecule has 1 aliphatic rings. The number of rotatable bonds is 6. The van der Waals surface area contributed by atoms with E-state index < -0.39 is 8.17 Å². The summed E-state index contributed by atoms with van der Waals surface area (Å²) in [4.78, 5) is 0. The standard InChI is InChI=1S/C20H7Cl12O6P/c1-33-15-9(27)3(21)5(23)11(29)17(15)35-39(36-18-12(30)6(24)4(22)10(28)16(18)34-2)37-19-13(31)7(25)8(26)14(32)20(19)38-39/h39H,1-2H3. The normalized spacial score (nSPS) is 14.3. The maximum absolute atomic E-state index is 6.45. The summed E-state index contributed by atoms with van der Waals surface area (Å²) in [7, 11) is -2.22. The van der Waals surface area contributed by atoms with Crippen LogP contribution in [0.3, 0.4) is 0 Å². The maximum atomic E-state index is 6.45. The molecule has 1 heterocycles. The zero-order chi connectivity index (χ0) is 29.1. The summed E-state index contributed by atoms with van der Waals surface area (Å²) >= 11 is 75.6. The molecule has 212 valence electrons. The van der Waals surface area contributed by atoms with Gasteiger partial charge in [-0.05, 0) is 0 Å². The summed E-state index contributed by atoms with van der Waals surface area (Å²) in [5.41, 5.74) is 0. The molecule has 0 unspecified atom stereocenters. The summed E-state index contributed by atoms with van der Waals surface area (Å²) in [6, 6.07) is 0. The Morgan fingerprint density at radius 3 is 0.923 bits per heavy atom. The first kappa shape index (κ1) is 32.3. The number of methoxy groups -OCH3 is 2. The molecule has 0 aromatic heterocycles. The number of fused-ring (bicyclic) bond motifs is 1. The zero-order valence-electron chi connectivity index (χ0n) is 18.5. The van der Waals surface area contributed by atoms with Crippen LogP contribution in [0, 0.1) is 0 Å². The van der Waals surface area contributed by atoms with E-state index in [-0.39, 0.29) is 94.8 Å². The van der Waals surface area contributed by atoms with Crippen molar-refractivity contribution in [2.24, 2.45) is 0 Å². The second-order valence-corrected chi connectivity index (χ2v) is 13.4. The van der Waals surface area contributed by atoms with Gasteiger partial charge in [-0.15, -0.1) is 0 Å². The van der Waals surface area contributed by atoms with Crippen LogP contribution in [0.25, 0.3) is 0 Å². The average Bonchev–Trinajstić information content (AvgIpc) is 3.30. The molecule has 6 nitrogen and oxygen atoms in total.